The van der Waals surface area contributed by atoms with Crippen LogP contribution in [-0.4, -0.2) is 60.8 Å². The lowest BCUT2D eigenvalue weighted by atomic mass is 10.1. The largest absolute Gasteiger partial charge is 0.473 e. The van der Waals surface area contributed by atoms with Gasteiger partial charge >= 0.3 is 12.1 Å². The fourth-order valence-corrected chi connectivity index (χ4v) is 3.42. The molecule has 0 saturated heterocycles. The van der Waals surface area contributed by atoms with Gasteiger partial charge in [0.25, 0.3) is 5.88 Å². The molecular weight excluding hydrogens is 492 g/mol. The van der Waals surface area contributed by atoms with Crippen molar-refractivity contribution in [2.75, 3.05) is 0 Å². The summed E-state index contributed by atoms with van der Waals surface area (Å²) in [5.74, 6) is -0.00464. The first-order valence-corrected chi connectivity index (χ1v) is 12.4. The smallest absolute Gasteiger partial charge is 0.408 e. The molecule has 2 heterocycles. The quantitative estimate of drug-likeness (QED) is 0.406. The molecule has 206 valence electrons. The Hall–Kier alpha value is -3.96. The second-order valence-corrected chi connectivity index (χ2v) is 11.0. The van der Waals surface area contributed by atoms with Crippen molar-refractivity contribution in [2.45, 2.75) is 91.7 Å². The number of amides is 1. The number of ether oxygens (including phenoxy) is 3. The van der Waals surface area contributed by atoms with Gasteiger partial charge in [-0.05, 0) is 76.5 Å². The molecule has 3 aromatic rings. The van der Waals surface area contributed by atoms with Gasteiger partial charge in [-0.2, -0.15) is 0 Å². The van der Waals surface area contributed by atoms with Crippen molar-refractivity contribution in [3.63, 3.8) is 0 Å². The van der Waals surface area contributed by atoms with E-state index in [9.17, 15) is 9.59 Å². The zero-order chi connectivity index (χ0) is 28.1. The van der Waals surface area contributed by atoms with Gasteiger partial charge in [0, 0.05) is 6.42 Å². The molecule has 38 heavy (non-hydrogen) atoms. The summed E-state index contributed by atoms with van der Waals surface area (Å²) in [5.41, 5.74) is -0.191. The van der Waals surface area contributed by atoms with Crippen molar-refractivity contribution in [3.05, 3.63) is 41.5 Å². The molecule has 0 radical (unpaired) electrons. The number of alkyl carbamates (subject to hydrolysis) is 1. The molecule has 0 saturated carbocycles. The van der Waals surface area contributed by atoms with E-state index < -0.39 is 29.3 Å². The summed E-state index contributed by atoms with van der Waals surface area (Å²) in [6, 6.07) is 8.51. The monoisotopic (exact) mass is 528 g/mol. The van der Waals surface area contributed by atoms with Crippen LogP contribution in [0.3, 0.4) is 0 Å². The number of nitrogens with one attached hydrogen (secondary N) is 1. The Morgan fingerprint density at radius 1 is 1.03 bits per heavy atom. The lowest BCUT2D eigenvalue weighted by Gasteiger charge is -2.26. The molecule has 0 bridgehead atoms. The molecule has 0 spiro atoms. The molecule has 12 nitrogen and oxygen atoms in total. The summed E-state index contributed by atoms with van der Waals surface area (Å²) in [6.07, 6.45) is -1.09. The Kier molecular flexibility index (Phi) is 8.74. The number of esters is 1. The Balaban J connectivity index is 2.00. The number of tetrazole rings is 1. The van der Waals surface area contributed by atoms with Gasteiger partial charge in [0.2, 0.25) is 11.6 Å². The average molecular weight is 529 g/mol. The van der Waals surface area contributed by atoms with E-state index in [2.05, 4.69) is 26.0 Å². The van der Waals surface area contributed by atoms with Crippen molar-refractivity contribution >= 4 is 12.1 Å². The maximum absolute atomic E-state index is 13.2. The van der Waals surface area contributed by atoms with Crippen molar-refractivity contribution in [3.8, 4) is 17.5 Å². The molecule has 1 aromatic carbocycles. The second kappa shape index (κ2) is 11.6. The zero-order valence-corrected chi connectivity index (χ0v) is 23.1. The minimum absolute atomic E-state index is 0.0762. The van der Waals surface area contributed by atoms with Crippen LogP contribution in [0.15, 0.2) is 34.9 Å². The molecule has 3 rings (SSSR count). The van der Waals surface area contributed by atoms with E-state index in [4.69, 9.17) is 18.7 Å². The van der Waals surface area contributed by atoms with Crippen LogP contribution in [0.5, 0.6) is 5.88 Å². The van der Waals surface area contributed by atoms with Crippen LogP contribution >= 0.6 is 0 Å². The lowest BCUT2D eigenvalue weighted by molar-refractivity contribution is -0.157. The highest BCUT2D eigenvalue weighted by Crippen LogP contribution is 2.32. The van der Waals surface area contributed by atoms with Crippen LogP contribution in [0, 0.1) is 0 Å². The van der Waals surface area contributed by atoms with E-state index in [0.29, 0.717) is 12.1 Å². The second-order valence-electron chi connectivity index (χ2n) is 11.0. The molecule has 1 unspecified atom stereocenters. The lowest BCUT2D eigenvalue weighted by Crippen LogP contribution is -2.47. The van der Waals surface area contributed by atoms with Crippen LogP contribution in [0.1, 0.15) is 66.5 Å². The van der Waals surface area contributed by atoms with Gasteiger partial charge in [0.1, 0.15) is 17.2 Å². The molecule has 1 atom stereocenters. The molecule has 0 aliphatic carbocycles. The summed E-state index contributed by atoms with van der Waals surface area (Å²) < 4.78 is 24.1. The molecule has 0 aliphatic heterocycles. The maximum Gasteiger partial charge on any atom is 0.408 e. The number of carbonyl (C=O) groups is 2. The Bertz CT molecular complexity index is 1220. The van der Waals surface area contributed by atoms with Gasteiger partial charge in [0.05, 0.1) is 18.2 Å². The number of rotatable bonds is 9. The van der Waals surface area contributed by atoms with Crippen molar-refractivity contribution in [1.29, 1.82) is 0 Å². The average Bonchev–Trinajstić information content (AvgIpc) is 3.38. The minimum Gasteiger partial charge on any atom is -0.473 e. The van der Waals surface area contributed by atoms with Crippen LogP contribution in [-0.2, 0) is 27.2 Å². The third kappa shape index (κ3) is 8.29. The zero-order valence-electron chi connectivity index (χ0n) is 23.1. The highest BCUT2D eigenvalue weighted by molar-refractivity contribution is 5.82. The topological polar surface area (TPSA) is 143 Å². The summed E-state index contributed by atoms with van der Waals surface area (Å²) >= 11 is 0. The van der Waals surface area contributed by atoms with Gasteiger partial charge in [-0.3, -0.25) is 0 Å². The highest BCUT2D eigenvalue weighted by atomic mass is 16.6. The number of hydrogen-bond donors (Lipinski definition) is 1. The SMILES string of the molecule is CC(C)Oc1noc(-c2nnnn2Cc2ccccc2)c1CC(NC(=O)OC(C)(C)C)C(=O)OC(C)(C)C. The third-order valence-electron chi connectivity index (χ3n) is 4.80. The summed E-state index contributed by atoms with van der Waals surface area (Å²) in [5, 5.41) is 18.8. The standard InChI is InChI=1S/C26H36N6O6/c1-16(2)35-22-18(14-19(23(33)36-25(3,4)5)27-24(34)37-26(6,7)8)20(38-29-22)21-28-30-31-32(21)15-17-12-10-9-11-13-17/h9-13,16,19H,14-15H2,1-8H3,(H,27,34). The minimum atomic E-state index is -1.14. The Morgan fingerprint density at radius 3 is 2.29 bits per heavy atom. The molecule has 0 fully saturated rings. The van der Waals surface area contributed by atoms with Crippen LogP contribution in [0.2, 0.25) is 0 Å². The molecular formula is C26H36N6O6. The molecule has 2 aromatic heterocycles. The Morgan fingerprint density at radius 2 is 1.68 bits per heavy atom. The van der Waals surface area contributed by atoms with Crippen molar-refractivity contribution in [2.24, 2.45) is 0 Å². The van der Waals surface area contributed by atoms with E-state index in [1.54, 1.807) is 46.2 Å². The number of hydrogen-bond acceptors (Lipinski definition) is 10. The fourth-order valence-electron chi connectivity index (χ4n) is 3.42. The van der Waals surface area contributed by atoms with E-state index in [-0.39, 0.29) is 30.0 Å². The highest BCUT2D eigenvalue weighted by Gasteiger charge is 2.34. The predicted molar refractivity (Wildman–Crippen MR) is 137 cm³/mol. The number of aromatic nitrogens is 5. The summed E-state index contributed by atoms with van der Waals surface area (Å²) in [6.45, 7) is 14.5. The fraction of sp³-hybridized carbons (Fsp3) is 0.538. The van der Waals surface area contributed by atoms with E-state index in [1.807, 2.05) is 44.2 Å². The summed E-state index contributed by atoms with van der Waals surface area (Å²) in [7, 11) is 0. The summed E-state index contributed by atoms with van der Waals surface area (Å²) in [4.78, 5) is 25.8. The maximum atomic E-state index is 13.2. The number of nitrogens with zero attached hydrogens (tertiary/aromatic N) is 5. The first-order valence-electron chi connectivity index (χ1n) is 12.4. The van der Waals surface area contributed by atoms with Crippen molar-refractivity contribution < 1.29 is 28.3 Å². The van der Waals surface area contributed by atoms with Gasteiger partial charge in [0.15, 0.2) is 0 Å². The number of benzene rings is 1. The van der Waals surface area contributed by atoms with E-state index in [0.717, 1.165) is 5.56 Å². The van der Waals surface area contributed by atoms with Crippen molar-refractivity contribution in [1.82, 2.24) is 30.7 Å². The first-order chi connectivity index (χ1) is 17.7. The first kappa shape index (κ1) is 28.6. The third-order valence-corrected chi connectivity index (χ3v) is 4.80. The normalized spacial score (nSPS) is 12.8. The molecule has 0 aliphatic rings. The number of carbonyl (C=O) groups excluding carboxylic acids is 2. The molecule has 12 heteroatoms. The van der Waals surface area contributed by atoms with Crippen LogP contribution in [0.25, 0.3) is 11.6 Å². The van der Waals surface area contributed by atoms with E-state index in [1.165, 1.54) is 0 Å². The van der Waals surface area contributed by atoms with E-state index >= 15 is 0 Å². The van der Waals surface area contributed by atoms with Crippen LogP contribution in [0.4, 0.5) is 4.79 Å². The van der Waals surface area contributed by atoms with Gasteiger partial charge < -0.3 is 24.1 Å². The van der Waals surface area contributed by atoms with Crippen LogP contribution < -0.4 is 10.1 Å². The molecule has 1 N–H and O–H groups in total. The predicted octanol–water partition coefficient (Wildman–Crippen LogP) is 3.94. The van der Waals surface area contributed by atoms with Gasteiger partial charge in [-0.15, -0.1) is 5.10 Å². The van der Waals surface area contributed by atoms with Gasteiger partial charge in [-0.1, -0.05) is 30.3 Å². The van der Waals surface area contributed by atoms with Gasteiger partial charge in [-0.25, -0.2) is 14.3 Å². The Labute approximate surface area is 222 Å². The molecule has 1 amide bonds.